The van der Waals surface area contributed by atoms with Crippen molar-refractivity contribution in [1.82, 2.24) is 9.97 Å². The summed E-state index contributed by atoms with van der Waals surface area (Å²) in [5.74, 6) is 1.27. The molecule has 0 spiro atoms. The van der Waals surface area contributed by atoms with Crippen LogP contribution in [-0.4, -0.2) is 19.1 Å². The average Bonchev–Trinajstić information content (AvgIpc) is 3.85. The quantitative estimate of drug-likeness (QED) is 0.155. The molecule has 2 aliphatic rings. The number of hydrogen-bond acceptors (Lipinski definition) is 5. The Bertz CT molecular complexity index is 2310. The summed E-state index contributed by atoms with van der Waals surface area (Å²) in [6.45, 7) is 18.2. The van der Waals surface area contributed by atoms with Crippen molar-refractivity contribution >= 4 is 55.9 Å². The van der Waals surface area contributed by atoms with Crippen LogP contribution >= 0.6 is 0 Å². The van der Waals surface area contributed by atoms with Crippen LogP contribution in [0.25, 0.3) is 32.9 Å². The van der Waals surface area contributed by atoms with E-state index in [4.69, 9.17) is 0 Å². The van der Waals surface area contributed by atoms with Crippen LogP contribution < -0.4 is 24.6 Å². The molecule has 6 nitrogen and oxygen atoms in total. The molecule has 2 aromatic heterocycles. The summed E-state index contributed by atoms with van der Waals surface area (Å²) in [6.07, 6.45) is 3.60. The van der Waals surface area contributed by atoms with E-state index in [1.165, 1.54) is 61.3 Å². The Hall–Kier alpha value is -5.06. The third-order valence-electron chi connectivity index (χ3n) is 10.6. The van der Waals surface area contributed by atoms with Crippen LogP contribution in [0.2, 0.25) is 0 Å². The van der Waals surface area contributed by atoms with Crippen LogP contribution in [0.5, 0.6) is 0 Å². The molecule has 7 heteroatoms. The number of fused-ring (bicyclic) bond motifs is 5. The molecule has 0 amide bonds. The van der Waals surface area contributed by atoms with Gasteiger partial charge in [0, 0.05) is 35.1 Å². The van der Waals surface area contributed by atoms with E-state index in [1.807, 2.05) is 24.3 Å². The second-order valence-corrected chi connectivity index (χ2v) is 15.4. The first-order chi connectivity index (χ1) is 26.1. The second kappa shape index (κ2) is 15.6. The van der Waals surface area contributed by atoms with Gasteiger partial charge >= 0.3 is 21.1 Å². The van der Waals surface area contributed by atoms with Gasteiger partial charge in [-0.1, -0.05) is 102 Å². The van der Waals surface area contributed by atoms with E-state index in [1.54, 1.807) is 12.4 Å². The van der Waals surface area contributed by atoms with Crippen molar-refractivity contribution < 1.29 is 21.1 Å². The SMILES string of the molecule is CC(C)c1cc(C(C)C)c(-c2cc(N3[CH-]N(C)c4ccccc43)[c-]c(N3[CH-]N(C)c4ccccc43)c2)c(C(C)C)c1.[Pt+4].c1ccc2c(c1)[n-]c1cnccc12. The minimum atomic E-state index is 0. The van der Waals surface area contributed by atoms with Crippen LogP contribution in [0.3, 0.4) is 0 Å². The van der Waals surface area contributed by atoms with Crippen LogP contribution in [0.15, 0.2) is 116 Å². The monoisotopic (exact) mass is 903 g/mol. The van der Waals surface area contributed by atoms with Crippen molar-refractivity contribution in [3.63, 3.8) is 0 Å². The first-order valence-electron chi connectivity index (χ1n) is 19.0. The molecular weight excluding hydrogens is 856 g/mol. The fourth-order valence-corrected chi connectivity index (χ4v) is 7.78. The van der Waals surface area contributed by atoms with Gasteiger partial charge in [0.05, 0.1) is 0 Å². The number of pyridine rings is 1. The molecule has 0 radical (unpaired) electrons. The van der Waals surface area contributed by atoms with Crippen molar-refractivity contribution in [2.75, 3.05) is 33.7 Å². The smallest absolute Gasteiger partial charge is 0.656 e. The summed E-state index contributed by atoms with van der Waals surface area (Å²) in [5, 5.41) is 2.39. The van der Waals surface area contributed by atoms with Gasteiger partial charge in [-0.2, -0.15) is 13.3 Å². The molecule has 0 fully saturated rings. The van der Waals surface area contributed by atoms with Crippen molar-refractivity contribution in [2.45, 2.75) is 59.3 Å². The van der Waals surface area contributed by atoms with Gasteiger partial charge in [0.25, 0.3) is 0 Å². The molecule has 280 valence electrons. The molecule has 0 aliphatic carbocycles. The Morgan fingerprint density at radius 1 is 0.582 bits per heavy atom. The van der Waals surface area contributed by atoms with Crippen molar-refractivity contribution in [2.24, 2.45) is 0 Å². The maximum absolute atomic E-state index is 4.45. The number of nitrogens with zero attached hydrogens (tertiary/aromatic N) is 6. The first kappa shape index (κ1) is 38.2. The molecule has 0 saturated carbocycles. The van der Waals surface area contributed by atoms with E-state index in [2.05, 4.69) is 183 Å². The second-order valence-electron chi connectivity index (χ2n) is 15.4. The zero-order valence-electron chi connectivity index (χ0n) is 32.9. The minimum Gasteiger partial charge on any atom is -0.656 e. The molecule has 5 aromatic carbocycles. The summed E-state index contributed by atoms with van der Waals surface area (Å²) < 4.78 is 0. The fraction of sp³-hybridized carbons (Fsp3) is 0.229. The predicted octanol–water partition coefficient (Wildman–Crippen LogP) is 12.3. The Morgan fingerprint density at radius 2 is 1.07 bits per heavy atom. The molecular formula is C48H48N6Pt. The van der Waals surface area contributed by atoms with Crippen LogP contribution in [0.1, 0.15) is 76.0 Å². The van der Waals surface area contributed by atoms with E-state index >= 15 is 0 Å². The third kappa shape index (κ3) is 7.13. The van der Waals surface area contributed by atoms with Crippen molar-refractivity contribution in [1.29, 1.82) is 0 Å². The first-order valence-corrected chi connectivity index (χ1v) is 19.0. The number of benzene rings is 5. The van der Waals surface area contributed by atoms with Gasteiger partial charge in [0.1, 0.15) is 0 Å². The molecule has 55 heavy (non-hydrogen) atoms. The van der Waals surface area contributed by atoms with E-state index in [0.29, 0.717) is 17.8 Å². The Morgan fingerprint density at radius 3 is 1.60 bits per heavy atom. The topological polar surface area (TPSA) is 40.0 Å². The number of rotatable bonds is 6. The predicted molar refractivity (Wildman–Crippen MR) is 228 cm³/mol. The van der Waals surface area contributed by atoms with Crippen LogP contribution in [-0.2, 0) is 21.1 Å². The minimum absolute atomic E-state index is 0. The van der Waals surface area contributed by atoms with E-state index in [9.17, 15) is 0 Å². The summed E-state index contributed by atoms with van der Waals surface area (Å²) in [4.78, 5) is 17.4. The molecule has 0 atom stereocenters. The van der Waals surface area contributed by atoms with E-state index in [0.717, 1.165) is 22.4 Å². The summed E-state index contributed by atoms with van der Waals surface area (Å²) in [6, 6.07) is 40.7. The molecule has 0 bridgehead atoms. The van der Waals surface area contributed by atoms with Crippen molar-refractivity contribution in [3.8, 4) is 11.1 Å². The van der Waals surface area contributed by atoms with Crippen molar-refractivity contribution in [3.05, 3.63) is 152 Å². The van der Waals surface area contributed by atoms with Crippen LogP contribution in [0, 0.1) is 19.4 Å². The number of aromatic nitrogens is 2. The number of hydrogen-bond donors (Lipinski definition) is 0. The Kier molecular flexibility index (Phi) is 10.8. The third-order valence-corrected chi connectivity index (χ3v) is 10.6. The molecule has 0 unspecified atom stereocenters. The Labute approximate surface area is 341 Å². The standard InChI is InChI=1S/C37H41N4.C11H7N2.Pt/c1-24(2)27-19-31(25(3)4)37(32(20-27)26(5)6)28-17-29(40-22-38(7)33-13-9-11-15-35(33)40)21-30(18-28)41-23-39(8)34-14-10-12-16-36(34)41;1-2-4-10-8(3-1)9-5-6-12-7-11(9)13-10;/h9-20,22-26H,1-8H3;1-7H;/q-3;-1;+4. The summed E-state index contributed by atoms with van der Waals surface area (Å²) in [7, 11) is 4.23. The molecule has 0 saturated heterocycles. The largest absolute Gasteiger partial charge is 4.00 e. The zero-order valence-corrected chi connectivity index (χ0v) is 35.1. The molecule has 2 aliphatic heterocycles. The van der Waals surface area contributed by atoms with Gasteiger partial charge in [-0.05, 0) is 95.2 Å². The van der Waals surface area contributed by atoms with Gasteiger partial charge in [-0.25, -0.2) is 0 Å². The number of para-hydroxylation sites is 5. The fourth-order valence-electron chi connectivity index (χ4n) is 7.78. The van der Waals surface area contributed by atoms with Gasteiger partial charge in [0.15, 0.2) is 0 Å². The molecule has 9 rings (SSSR count). The van der Waals surface area contributed by atoms with E-state index < -0.39 is 0 Å². The summed E-state index contributed by atoms with van der Waals surface area (Å²) in [5.41, 5.74) is 15.6. The van der Waals surface area contributed by atoms with Gasteiger partial charge in [-0.3, -0.25) is 4.98 Å². The molecule has 4 heterocycles. The molecule has 7 aromatic rings. The Balaban J connectivity index is 0.000000278. The average molecular weight is 904 g/mol. The number of anilines is 6. The van der Waals surface area contributed by atoms with Crippen LogP contribution in [0.4, 0.5) is 34.1 Å². The van der Waals surface area contributed by atoms with Gasteiger partial charge < -0.3 is 24.6 Å². The zero-order chi connectivity index (χ0) is 37.7. The molecule has 0 N–H and O–H groups in total. The van der Waals surface area contributed by atoms with Gasteiger partial charge in [0.2, 0.25) is 0 Å². The maximum Gasteiger partial charge on any atom is 4.00 e. The van der Waals surface area contributed by atoms with E-state index in [-0.39, 0.29) is 21.1 Å². The summed E-state index contributed by atoms with van der Waals surface area (Å²) >= 11 is 0. The van der Waals surface area contributed by atoms with Gasteiger partial charge in [-0.15, -0.1) is 46.2 Å². The normalized spacial score (nSPS) is 13.5. The maximum atomic E-state index is 4.45.